The van der Waals surface area contributed by atoms with Crippen LogP contribution < -0.4 is 4.90 Å². The molecular weight excluding hydrogens is 414 g/mol. The average molecular weight is 436 g/mol. The lowest BCUT2D eigenvalue weighted by Crippen LogP contribution is -2.49. The lowest BCUT2D eigenvalue weighted by atomic mass is 10.1. The predicted molar refractivity (Wildman–Crippen MR) is 120 cm³/mol. The SMILES string of the molecule is Cc1nnc(-c2ccc3ccn(CC(=O)N4CCN(c5cccc(Cl)c5)CC4)c3c2)o1. The third-order valence-corrected chi connectivity index (χ3v) is 5.89. The normalized spacial score (nSPS) is 14.4. The molecule has 2 aromatic heterocycles. The minimum absolute atomic E-state index is 0.113. The van der Waals surface area contributed by atoms with Crippen molar-refractivity contribution in [1.82, 2.24) is 19.7 Å². The quantitative estimate of drug-likeness (QED) is 0.484. The summed E-state index contributed by atoms with van der Waals surface area (Å²) < 4.78 is 7.53. The molecule has 1 saturated heterocycles. The Morgan fingerprint density at radius 3 is 2.65 bits per heavy atom. The van der Waals surface area contributed by atoms with Crippen molar-refractivity contribution in [2.24, 2.45) is 0 Å². The first-order valence-electron chi connectivity index (χ1n) is 10.2. The highest BCUT2D eigenvalue weighted by atomic mass is 35.5. The molecule has 31 heavy (non-hydrogen) atoms. The maximum absolute atomic E-state index is 13.0. The summed E-state index contributed by atoms with van der Waals surface area (Å²) >= 11 is 6.11. The zero-order valence-corrected chi connectivity index (χ0v) is 17.9. The zero-order valence-electron chi connectivity index (χ0n) is 17.2. The fourth-order valence-corrected chi connectivity index (χ4v) is 4.19. The Bertz CT molecular complexity index is 1240. The van der Waals surface area contributed by atoms with E-state index < -0.39 is 0 Å². The molecule has 0 bridgehead atoms. The summed E-state index contributed by atoms with van der Waals surface area (Å²) in [4.78, 5) is 17.2. The number of aromatic nitrogens is 3. The number of carbonyl (C=O) groups excluding carboxylic acids is 1. The summed E-state index contributed by atoms with van der Waals surface area (Å²) in [5, 5.41) is 9.79. The van der Waals surface area contributed by atoms with Crippen molar-refractivity contribution in [2.45, 2.75) is 13.5 Å². The number of nitrogens with zero attached hydrogens (tertiary/aromatic N) is 5. The number of hydrogen-bond acceptors (Lipinski definition) is 5. The minimum atomic E-state index is 0.113. The Morgan fingerprint density at radius 2 is 1.90 bits per heavy atom. The van der Waals surface area contributed by atoms with E-state index in [0.29, 0.717) is 31.4 Å². The van der Waals surface area contributed by atoms with Gasteiger partial charge in [0.2, 0.25) is 17.7 Å². The number of anilines is 1. The molecule has 5 rings (SSSR count). The van der Waals surface area contributed by atoms with Crippen LogP contribution in [0.15, 0.2) is 59.1 Å². The molecule has 0 radical (unpaired) electrons. The second kappa shape index (κ2) is 8.07. The van der Waals surface area contributed by atoms with Gasteiger partial charge in [-0.1, -0.05) is 23.7 Å². The average Bonchev–Trinajstić information content (AvgIpc) is 3.40. The number of amides is 1. The van der Waals surface area contributed by atoms with Gasteiger partial charge in [0.1, 0.15) is 6.54 Å². The Morgan fingerprint density at radius 1 is 1.06 bits per heavy atom. The molecule has 4 aromatic rings. The topological polar surface area (TPSA) is 67.4 Å². The van der Waals surface area contributed by atoms with E-state index in [2.05, 4.69) is 21.2 Å². The third kappa shape index (κ3) is 4.01. The van der Waals surface area contributed by atoms with E-state index in [-0.39, 0.29) is 5.91 Å². The van der Waals surface area contributed by atoms with E-state index in [1.165, 1.54) is 0 Å². The number of rotatable bonds is 4. The van der Waals surface area contributed by atoms with Crippen molar-refractivity contribution < 1.29 is 9.21 Å². The van der Waals surface area contributed by atoms with Crippen LogP contribution in [0.2, 0.25) is 5.02 Å². The summed E-state index contributed by atoms with van der Waals surface area (Å²) in [6.45, 7) is 5.03. The fraction of sp³-hybridized carbons (Fsp3) is 0.261. The first kappa shape index (κ1) is 19.6. The smallest absolute Gasteiger partial charge is 0.247 e. The maximum atomic E-state index is 13.0. The molecule has 0 aliphatic carbocycles. The zero-order chi connectivity index (χ0) is 21.4. The summed E-state index contributed by atoms with van der Waals surface area (Å²) in [6, 6.07) is 15.8. The van der Waals surface area contributed by atoms with Crippen LogP contribution in [0.1, 0.15) is 5.89 Å². The van der Waals surface area contributed by atoms with Gasteiger partial charge in [-0.3, -0.25) is 4.79 Å². The second-order valence-electron chi connectivity index (χ2n) is 7.69. The molecule has 2 aromatic carbocycles. The number of aryl methyl sites for hydroxylation is 1. The summed E-state index contributed by atoms with van der Waals surface area (Å²) in [6.07, 6.45) is 1.95. The van der Waals surface area contributed by atoms with E-state index >= 15 is 0 Å². The van der Waals surface area contributed by atoms with Crippen LogP contribution in [0.25, 0.3) is 22.4 Å². The predicted octanol–water partition coefficient (Wildman–Crippen LogP) is 4.00. The van der Waals surface area contributed by atoms with E-state index in [4.69, 9.17) is 16.0 Å². The van der Waals surface area contributed by atoms with Crippen LogP contribution in [0.5, 0.6) is 0 Å². The molecule has 0 atom stereocenters. The Balaban J connectivity index is 1.28. The van der Waals surface area contributed by atoms with Crippen molar-refractivity contribution in [3.63, 3.8) is 0 Å². The number of carbonyl (C=O) groups is 1. The standard InChI is InChI=1S/C23H22ClN5O2/c1-16-25-26-23(31-16)18-6-5-17-7-8-29(21(17)13-18)15-22(30)28-11-9-27(10-12-28)20-4-2-3-19(24)14-20/h2-8,13-14H,9-12,15H2,1H3. The summed E-state index contributed by atoms with van der Waals surface area (Å²) in [5.41, 5.74) is 2.91. The highest BCUT2D eigenvalue weighted by molar-refractivity contribution is 6.30. The van der Waals surface area contributed by atoms with Gasteiger partial charge in [0.05, 0.1) is 0 Å². The highest BCUT2D eigenvalue weighted by Crippen LogP contribution is 2.25. The van der Waals surface area contributed by atoms with Gasteiger partial charge in [-0.2, -0.15) is 0 Å². The lowest BCUT2D eigenvalue weighted by Gasteiger charge is -2.36. The van der Waals surface area contributed by atoms with Crippen molar-refractivity contribution >= 4 is 34.1 Å². The molecule has 0 saturated carbocycles. The van der Waals surface area contributed by atoms with Crippen molar-refractivity contribution in [2.75, 3.05) is 31.1 Å². The summed E-state index contributed by atoms with van der Waals surface area (Å²) in [5.74, 6) is 1.12. The Labute approximate surface area is 184 Å². The molecule has 8 heteroatoms. The van der Waals surface area contributed by atoms with Gasteiger partial charge >= 0.3 is 0 Å². The molecule has 7 nitrogen and oxygen atoms in total. The number of halogens is 1. The van der Waals surface area contributed by atoms with Crippen LogP contribution in [-0.2, 0) is 11.3 Å². The van der Waals surface area contributed by atoms with E-state index in [1.807, 2.05) is 58.1 Å². The van der Waals surface area contributed by atoms with Crippen molar-refractivity contribution in [3.8, 4) is 11.5 Å². The molecule has 1 aliphatic rings. The molecule has 1 amide bonds. The van der Waals surface area contributed by atoms with Gasteiger partial charge in [0, 0.05) is 61.1 Å². The molecule has 1 fully saturated rings. The number of fused-ring (bicyclic) bond motifs is 1. The molecule has 0 unspecified atom stereocenters. The molecule has 0 spiro atoms. The van der Waals surface area contributed by atoms with E-state index in [0.717, 1.165) is 40.3 Å². The third-order valence-electron chi connectivity index (χ3n) is 5.66. The monoisotopic (exact) mass is 435 g/mol. The number of piperazine rings is 1. The number of hydrogen-bond donors (Lipinski definition) is 0. The van der Waals surface area contributed by atoms with Gasteiger partial charge in [0.25, 0.3) is 0 Å². The van der Waals surface area contributed by atoms with Gasteiger partial charge in [-0.15, -0.1) is 10.2 Å². The van der Waals surface area contributed by atoms with Gasteiger partial charge in [-0.05, 0) is 41.8 Å². The van der Waals surface area contributed by atoms with Crippen LogP contribution in [-0.4, -0.2) is 51.8 Å². The Hall–Kier alpha value is -3.32. The highest BCUT2D eigenvalue weighted by Gasteiger charge is 2.22. The van der Waals surface area contributed by atoms with E-state index in [9.17, 15) is 4.79 Å². The second-order valence-corrected chi connectivity index (χ2v) is 8.13. The Kier molecular flexibility index (Phi) is 5.11. The molecule has 3 heterocycles. The van der Waals surface area contributed by atoms with Gasteiger partial charge in [0.15, 0.2) is 0 Å². The largest absolute Gasteiger partial charge is 0.421 e. The summed E-state index contributed by atoms with van der Waals surface area (Å²) in [7, 11) is 0. The first-order chi connectivity index (χ1) is 15.1. The van der Waals surface area contributed by atoms with Crippen LogP contribution in [0.4, 0.5) is 5.69 Å². The van der Waals surface area contributed by atoms with Crippen LogP contribution in [0.3, 0.4) is 0 Å². The minimum Gasteiger partial charge on any atom is -0.421 e. The van der Waals surface area contributed by atoms with Crippen LogP contribution >= 0.6 is 11.6 Å². The maximum Gasteiger partial charge on any atom is 0.247 e. The number of benzene rings is 2. The fourth-order valence-electron chi connectivity index (χ4n) is 4.00. The lowest BCUT2D eigenvalue weighted by molar-refractivity contribution is -0.132. The molecule has 0 N–H and O–H groups in total. The van der Waals surface area contributed by atoms with E-state index in [1.54, 1.807) is 6.92 Å². The van der Waals surface area contributed by atoms with Crippen molar-refractivity contribution in [1.29, 1.82) is 0 Å². The first-order valence-corrected chi connectivity index (χ1v) is 10.6. The van der Waals surface area contributed by atoms with Crippen LogP contribution in [0, 0.1) is 6.92 Å². The van der Waals surface area contributed by atoms with Gasteiger partial charge in [-0.25, -0.2) is 0 Å². The molecule has 158 valence electrons. The van der Waals surface area contributed by atoms with Crippen molar-refractivity contribution in [3.05, 3.63) is 65.6 Å². The molecular formula is C23H22ClN5O2. The molecule has 1 aliphatic heterocycles. The van der Waals surface area contributed by atoms with Gasteiger partial charge < -0.3 is 18.8 Å².